The molecule has 0 bridgehead atoms. The molecule has 1 aromatic heterocycles. The van der Waals surface area contributed by atoms with Crippen LogP contribution in [-0.4, -0.2) is 40.6 Å². The summed E-state index contributed by atoms with van der Waals surface area (Å²) < 4.78 is 41.9. The van der Waals surface area contributed by atoms with Gasteiger partial charge in [0.15, 0.2) is 0 Å². The molecule has 9 heteroatoms. The Bertz CT molecular complexity index is 931. The molecule has 0 amide bonds. The van der Waals surface area contributed by atoms with Crippen molar-refractivity contribution in [3.05, 3.63) is 41.1 Å². The fourth-order valence-electron chi connectivity index (χ4n) is 3.78. The fraction of sp³-hybridized carbons (Fsp3) is 0.545. The van der Waals surface area contributed by atoms with E-state index in [1.165, 1.54) is 12.1 Å². The normalized spacial score (nSPS) is 17.5. The van der Waals surface area contributed by atoms with Gasteiger partial charge in [-0.25, -0.2) is 4.98 Å². The molecule has 2 aliphatic rings. The highest BCUT2D eigenvalue weighted by Crippen LogP contribution is 2.40. The first-order valence-corrected chi connectivity index (χ1v) is 10.6. The minimum atomic E-state index is -4.71. The van der Waals surface area contributed by atoms with Gasteiger partial charge in [-0.3, -0.25) is 0 Å². The minimum absolute atomic E-state index is 0.0247. The maximum Gasteiger partial charge on any atom is 0.573 e. The molecule has 0 unspecified atom stereocenters. The van der Waals surface area contributed by atoms with Crippen LogP contribution in [0.5, 0.6) is 5.75 Å². The van der Waals surface area contributed by atoms with Crippen molar-refractivity contribution in [2.45, 2.75) is 58.0 Å². The molecule has 0 saturated heterocycles. The van der Waals surface area contributed by atoms with Crippen LogP contribution in [0.4, 0.5) is 24.9 Å². The molecule has 4 rings (SSSR count). The highest BCUT2D eigenvalue weighted by molar-refractivity contribution is 5.50. The van der Waals surface area contributed by atoms with Crippen LogP contribution in [0.2, 0.25) is 0 Å². The van der Waals surface area contributed by atoms with Crippen molar-refractivity contribution < 1.29 is 23.0 Å². The Morgan fingerprint density at radius 1 is 1.19 bits per heavy atom. The topological polar surface area (TPSA) is 70.5 Å². The number of alkyl halides is 3. The predicted molar refractivity (Wildman–Crippen MR) is 111 cm³/mol. The molecule has 0 spiro atoms. The van der Waals surface area contributed by atoms with E-state index in [0.717, 1.165) is 35.5 Å². The SMILES string of the molecule is CC(C)[C@@H](CO)Nc1nc(C2CC2)cc(N2CCc3ccc(OC(F)(F)F)cc3C2)n1. The lowest BCUT2D eigenvalue weighted by molar-refractivity contribution is -0.274. The maximum atomic E-state index is 12.6. The summed E-state index contributed by atoms with van der Waals surface area (Å²) in [5.41, 5.74) is 2.78. The quantitative estimate of drug-likeness (QED) is 0.677. The molecular formula is C22H27F3N4O2. The van der Waals surface area contributed by atoms with Crippen LogP contribution < -0.4 is 15.0 Å². The zero-order valence-corrected chi connectivity index (χ0v) is 17.6. The van der Waals surface area contributed by atoms with Crippen LogP contribution in [0.25, 0.3) is 0 Å². The van der Waals surface area contributed by atoms with Crippen LogP contribution >= 0.6 is 0 Å². The lowest BCUT2D eigenvalue weighted by atomic mass is 9.99. The highest BCUT2D eigenvalue weighted by Gasteiger charge is 2.32. The molecule has 0 radical (unpaired) electrons. The van der Waals surface area contributed by atoms with E-state index < -0.39 is 6.36 Å². The van der Waals surface area contributed by atoms with E-state index in [0.29, 0.717) is 31.4 Å². The van der Waals surface area contributed by atoms with Gasteiger partial charge < -0.3 is 20.1 Å². The van der Waals surface area contributed by atoms with Gasteiger partial charge in [-0.1, -0.05) is 19.9 Å². The minimum Gasteiger partial charge on any atom is -0.406 e. The number of fused-ring (bicyclic) bond motifs is 1. The van der Waals surface area contributed by atoms with Gasteiger partial charge in [0.25, 0.3) is 0 Å². The number of hydrogen-bond acceptors (Lipinski definition) is 6. The molecule has 2 N–H and O–H groups in total. The molecule has 6 nitrogen and oxygen atoms in total. The van der Waals surface area contributed by atoms with Gasteiger partial charge in [-0.2, -0.15) is 4.98 Å². The average molecular weight is 436 g/mol. The van der Waals surface area contributed by atoms with Crippen molar-refractivity contribution in [2.75, 3.05) is 23.4 Å². The average Bonchev–Trinajstić information content (AvgIpc) is 3.55. The Balaban J connectivity index is 1.59. The molecule has 1 aliphatic heterocycles. The number of halogens is 3. The Hall–Kier alpha value is -2.55. The van der Waals surface area contributed by atoms with Crippen LogP contribution in [0.15, 0.2) is 24.3 Å². The number of benzene rings is 1. The number of ether oxygens (including phenoxy) is 1. The molecule has 1 aromatic carbocycles. The molecule has 2 aromatic rings. The van der Waals surface area contributed by atoms with Gasteiger partial charge in [0.1, 0.15) is 11.6 Å². The summed E-state index contributed by atoms with van der Waals surface area (Å²) >= 11 is 0. The summed E-state index contributed by atoms with van der Waals surface area (Å²) in [4.78, 5) is 11.4. The second-order valence-electron chi connectivity index (χ2n) is 8.58. The first kappa shape index (κ1) is 21.7. The maximum absolute atomic E-state index is 12.6. The van der Waals surface area contributed by atoms with Gasteiger partial charge in [0.05, 0.1) is 18.3 Å². The van der Waals surface area contributed by atoms with Crippen LogP contribution in [0, 0.1) is 5.92 Å². The molecule has 1 saturated carbocycles. The summed E-state index contributed by atoms with van der Waals surface area (Å²) in [5, 5.41) is 12.9. The molecule has 31 heavy (non-hydrogen) atoms. The van der Waals surface area contributed by atoms with Gasteiger partial charge in [0, 0.05) is 25.1 Å². The van der Waals surface area contributed by atoms with E-state index >= 15 is 0 Å². The van der Waals surface area contributed by atoms with Gasteiger partial charge in [-0.05, 0) is 48.4 Å². The number of nitrogens with one attached hydrogen (secondary N) is 1. The monoisotopic (exact) mass is 436 g/mol. The van der Waals surface area contributed by atoms with E-state index in [-0.39, 0.29) is 24.3 Å². The lowest BCUT2D eigenvalue weighted by Gasteiger charge is -2.31. The Kier molecular flexibility index (Phi) is 5.96. The number of nitrogens with zero attached hydrogens (tertiary/aromatic N) is 3. The number of anilines is 2. The second kappa shape index (κ2) is 8.53. The summed E-state index contributed by atoms with van der Waals surface area (Å²) in [5.74, 6) is 1.63. The van der Waals surface area contributed by atoms with Gasteiger partial charge >= 0.3 is 6.36 Å². The van der Waals surface area contributed by atoms with Crippen molar-refractivity contribution in [1.82, 2.24) is 9.97 Å². The Morgan fingerprint density at radius 3 is 2.61 bits per heavy atom. The molecule has 1 fully saturated rings. The number of hydrogen-bond donors (Lipinski definition) is 2. The van der Waals surface area contributed by atoms with Crippen molar-refractivity contribution in [3.8, 4) is 5.75 Å². The first-order valence-electron chi connectivity index (χ1n) is 10.6. The predicted octanol–water partition coefficient (Wildman–Crippen LogP) is 4.24. The van der Waals surface area contributed by atoms with Crippen molar-refractivity contribution in [3.63, 3.8) is 0 Å². The largest absolute Gasteiger partial charge is 0.573 e. The van der Waals surface area contributed by atoms with E-state index in [2.05, 4.69) is 24.9 Å². The molecular weight excluding hydrogens is 409 g/mol. The number of aliphatic hydroxyl groups is 1. The number of rotatable bonds is 7. The summed E-state index contributed by atoms with van der Waals surface area (Å²) in [6, 6.07) is 6.34. The fourth-order valence-corrected chi connectivity index (χ4v) is 3.78. The molecule has 1 aliphatic carbocycles. The smallest absolute Gasteiger partial charge is 0.406 e. The highest BCUT2D eigenvalue weighted by atomic mass is 19.4. The van der Waals surface area contributed by atoms with Crippen LogP contribution in [-0.2, 0) is 13.0 Å². The zero-order valence-electron chi connectivity index (χ0n) is 17.6. The Morgan fingerprint density at radius 2 is 1.97 bits per heavy atom. The van der Waals surface area contributed by atoms with E-state index in [4.69, 9.17) is 0 Å². The number of aliphatic hydroxyl groups excluding tert-OH is 1. The zero-order chi connectivity index (χ0) is 22.2. The summed E-state index contributed by atoms with van der Waals surface area (Å²) in [7, 11) is 0. The van der Waals surface area contributed by atoms with E-state index in [1.54, 1.807) is 6.07 Å². The lowest BCUT2D eigenvalue weighted by Crippen LogP contribution is -2.33. The third-order valence-corrected chi connectivity index (χ3v) is 5.79. The second-order valence-corrected chi connectivity index (χ2v) is 8.58. The van der Waals surface area contributed by atoms with Gasteiger partial charge in [0.2, 0.25) is 5.95 Å². The van der Waals surface area contributed by atoms with Crippen molar-refractivity contribution in [1.29, 1.82) is 0 Å². The number of aromatic nitrogens is 2. The van der Waals surface area contributed by atoms with Gasteiger partial charge in [-0.15, -0.1) is 13.2 Å². The summed E-state index contributed by atoms with van der Waals surface area (Å²) in [6.45, 7) is 5.16. The van der Waals surface area contributed by atoms with Crippen molar-refractivity contribution in [2.24, 2.45) is 5.92 Å². The van der Waals surface area contributed by atoms with Crippen LogP contribution in [0.3, 0.4) is 0 Å². The van der Waals surface area contributed by atoms with E-state index in [9.17, 15) is 18.3 Å². The van der Waals surface area contributed by atoms with Crippen molar-refractivity contribution >= 4 is 11.8 Å². The molecule has 168 valence electrons. The standard InChI is InChI=1S/C22H27F3N4O2/c1-13(2)19(12-30)27-21-26-18(15-3-4-15)10-20(28-21)29-8-7-14-5-6-17(9-16(14)11-29)31-22(23,24)25/h5-6,9-10,13,15,19,30H,3-4,7-8,11-12H2,1-2H3,(H,26,27,28)/t19-/m1/s1. The first-order chi connectivity index (χ1) is 14.7. The molecule has 1 atom stereocenters. The Labute approximate surface area is 179 Å². The third kappa shape index (κ3) is 5.39. The molecule has 2 heterocycles. The van der Waals surface area contributed by atoms with E-state index in [1.807, 2.05) is 19.9 Å². The summed E-state index contributed by atoms with van der Waals surface area (Å²) in [6.07, 6.45) is -1.83. The van der Waals surface area contributed by atoms with Crippen LogP contribution in [0.1, 0.15) is 49.4 Å². The third-order valence-electron chi connectivity index (χ3n) is 5.79.